The van der Waals surface area contributed by atoms with E-state index in [1.54, 1.807) is 0 Å². The van der Waals surface area contributed by atoms with Gasteiger partial charge in [0.15, 0.2) is 6.10 Å². The molecule has 9 heteroatoms. The molecule has 0 aliphatic rings. The smallest absolute Gasteiger partial charge is 0.334 e. The highest BCUT2D eigenvalue weighted by Crippen LogP contribution is 2.19. The SMILES string of the molecule is CCCCCCCCCCCOC(=O)C(O)CCCCN(CCCCCCCC(=O)OC(CCCCCCCC)CCCCCCCC)C(O)(O)CO. The van der Waals surface area contributed by atoms with E-state index < -0.39 is 24.6 Å². The van der Waals surface area contributed by atoms with E-state index in [4.69, 9.17) is 9.47 Å². The Morgan fingerprint density at radius 2 is 0.943 bits per heavy atom. The molecule has 0 aromatic rings. The van der Waals surface area contributed by atoms with Crippen molar-refractivity contribution in [2.75, 3.05) is 26.3 Å². The number of unbranched alkanes of at least 4 members (excludes halogenated alkanes) is 23. The topological polar surface area (TPSA) is 137 Å². The Hall–Kier alpha value is -1.26. The van der Waals surface area contributed by atoms with Gasteiger partial charge >= 0.3 is 11.9 Å². The number of hydrogen-bond donors (Lipinski definition) is 4. The summed E-state index contributed by atoms with van der Waals surface area (Å²) in [6.45, 7) is 6.94. The molecule has 0 amide bonds. The van der Waals surface area contributed by atoms with Crippen molar-refractivity contribution in [2.45, 2.75) is 244 Å². The second-order valence-corrected chi connectivity index (χ2v) is 15.7. The predicted molar refractivity (Wildman–Crippen MR) is 217 cm³/mol. The van der Waals surface area contributed by atoms with Gasteiger partial charge in [-0.2, -0.15) is 0 Å². The maximum absolute atomic E-state index is 12.7. The highest BCUT2D eigenvalue weighted by molar-refractivity contribution is 5.74. The molecule has 0 aromatic carbocycles. The Morgan fingerprint density at radius 3 is 1.43 bits per heavy atom. The normalized spacial score (nSPS) is 12.5. The maximum Gasteiger partial charge on any atom is 0.334 e. The van der Waals surface area contributed by atoms with Gasteiger partial charge in [0.2, 0.25) is 5.91 Å². The second-order valence-electron chi connectivity index (χ2n) is 15.7. The molecule has 0 aromatic heterocycles. The summed E-state index contributed by atoms with van der Waals surface area (Å²) in [5, 5.41) is 40.5. The highest BCUT2D eigenvalue weighted by atomic mass is 16.6. The molecular formula is C44H87NO8. The van der Waals surface area contributed by atoms with E-state index in [1.807, 2.05) is 0 Å². The molecular weight excluding hydrogens is 670 g/mol. The van der Waals surface area contributed by atoms with Crippen molar-refractivity contribution in [3.05, 3.63) is 0 Å². The molecule has 4 N–H and O–H groups in total. The minimum absolute atomic E-state index is 0.0426. The van der Waals surface area contributed by atoms with Gasteiger partial charge < -0.3 is 29.9 Å². The number of hydrogen-bond acceptors (Lipinski definition) is 9. The number of ether oxygens (including phenoxy) is 2. The molecule has 0 radical (unpaired) electrons. The minimum Gasteiger partial charge on any atom is -0.464 e. The molecule has 53 heavy (non-hydrogen) atoms. The first-order chi connectivity index (χ1) is 25.7. The van der Waals surface area contributed by atoms with Crippen LogP contribution < -0.4 is 0 Å². The molecule has 0 heterocycles. The van der Waals surface area contributed by atoms with E-state index in [1.165, 1.54) is 108 Å². The molecule has 0 spiro atoms. The second kappa shape index (κ2) is 37.7. The largest absolute Gasteiger partial charge is 0.464 e. The lowest BCUT2D eigenvalue weighted by atomic mass is 10.0. The summed E-state index contributed by atoms with van der Waals surface area (Å²) >= 11 is 0. The van der Waals surface area contributed by atoms with Crippen LogP contribution in [0.2, 0.25) is 0 Å². The van der Waals surface area contributed by atoms with Crippen LogP contribution in [0.15, 0.2) is 0 Å². The minimum atomic E-state index is -2.32. The molecule has 316 valence electrons. The number of esters is 2. The van der Waals surface area contributed by atoms with Crippen LogP contribution in [0.4, 0.5) is 0 Å². The lowest BCUT2D eigenvalue weighted by Crippen LogP contribution is -2.52. The lowest BCUT2D eigenvalue weighted by molar-refractivity contribution is -0.281. The first-order valence-electron chi connectivity index (χ1n) is 22.6. The molecule has 0 aliphatic heterocycles. The van der Waals surface area contributed by atoms with Gasteiger partial charge in [0.1, 0.15) is 12.7 Å². The van der Waals surface area contributed by atoms with Crippen LogP contribution in [0.3, 0.4) is 0 Å². The van der Waals surface area contributed by atoms with Crippen molar-refractivity contribution < 1.29 is 39.5 Å². The maximum atomic E-state index is 12.7. The van der Waals surface area contributed by atoms with E-state index in [9.17, 15) is 30.0 Å². The van der Waals surface area contributed by atoms with Crippen molar-refractivity contribution in [1.29, 1.82) is 0 Å². The third kappa shape index (κ3) is 32.7. The number of carbonyl (C=O) groups is 2. The third-order valence-corrected chi connectivity index (χ3v) is 10.5. The average molecular weight is 758 g/mol. The number of rotatable bonds is 41. The molecule has 1 unspecified atom stereocenters. The van der Waals surface area contributed by atoms with Gasteiger partial charge in [-0.1, -0.05) is 156 Å². The average Bonchev–Trinajstić information content (AvgIpc) is 3.15. The summed E-state index contributed by atoms with van der Waals surface area (Å²) in [7, 11) is 0. The molecule has 0 bridgehead atoms. The lowest BCUT2D eigenvalue weighted by Gasteiger charge is -2.33. The van der Waals surface area contributed by atoms with Crippen LogP contribution in [0.5, 0.6) is 0 Å². The van der Waals surface area contributed by atoms with Crippen LogP contribution >= 0.6 is 0 Å². The molecule has 1 atom stereocenters. The van der Waals surface area contributed by atoms with Crippen molar-refractivity contribution >= 4 is 11.9 Å². The third-order valence-electron chi connectivity index (χ3n) is 10.5. The van der Waals surface area contributed by atoms with Crippen molar-refractivity contribution in [2.24, 2.45) is 0 Å². The fraction of sp³-hybridized carbons (Fsp3) is 0.955. The van der Waals surface area contributed by atoms with Gasteiger partial charge in [-0.3, -0.25) is 9.69 Å². The molecule has 0 saturated heterocycles. The zero-order chi connectivity index (χ0) is 39.3. The Kier molecular flexibility index (Phi) is 36.8. The van der Waals surface area contributed by atoms with Gasteiger partial charge in [-0.25, -0.2) is 4.79 Å². The van der Waals surface area contributed by atoms with Gasteiger partial charge in [-0.05, 0) is 64.2 Å². The van der Waals surface area contributed by atoms with Gasteiger partial charge in [0, 0.05) is 19.5 Å². The molecule has 0 fully saturated rings. The number of aliphatic hydroxyl groups excluding tert-OH is 2. The molecule has 9 nitrogen and oxygen atoms in total. The number of aliphatic hydroxyl groups is 4. The summed E-state index contributed by atoms with van der Waals surface area (Å²) in [6, 6.07) is 0. The summed E-state index contributed by atoms with van der Waals surface area (Å²) in [4.78, 5) is 26.3. The Morgan fingerprint density at radius 1 is 0.547 bits per heavy atom. The van der Waals surface area contributed by atoms with Crippen LogP contribution in [0.25, 0.3) is 0 Å². The number of carbonyl (C=O) groups excluding carboxylic acids is 2. The standard InChI is InChI=1S/C44H87NO8/c1-4-7-10-13-16-17-18-24-31-38-52-43(49)41(47)34-28-30-37-45(44(50,51)39-46)36-29-23-19-22-27-35-42(48)53-40(32-25-20-14-11-8-5-2)33-26-21-15-12-9-6-3/h40-41,46-47,50-51H,4-39H2,1-3H3. The Bertz CT molecular complexity index is 794. The predicted octanol–water partition coefficient (Wildman–Crippen LogP) is 10.3. The van der Waals surface area contributed by atoms with E-state index in [0.29, 0.717) is 39.0 Å². The Labute approximate surface area is 326 Å². The van der Waals surface area contributed by atoms with Gasteiger partial charge in [0.05, 0.1) is 6.61 Å². The fourth-order valence-corrected chi connectivity index (χ4v) is 6.92. The van der Waals surface area contributed by atoms with E-state index in [-0.39, 0.29) is 18.5 Å². The van der Waals surface area contributed by atoms with E-state index in [0.717, 1.165) is 77.0 Å². The zero-order valence-electron chi connectivity index (χ0n) is 35.0. The van der Waals surface area contributed by atoms with Crippen molar-refractivity contribution in [1.82, 2.24) is 4.90 Å². The van der Waals surface area contributed by atoms with Crippen molar-refractivity contribution in [3.63, 3.8) is 0 Å². The van der Waals surface area contributed by atoms with Gasteiger partial charge in [0.25, 0.3) is 0 Å². The monoisotopic (exact) mass is 758 g/mol. The summed E-state index contributed by atoms with van der Waals surface area (Å²) in [6.07, 6.45) is 32.3. The quantitative estimate of drug-likeness (QED) is 0.0273. The highest BCUT2D eigenvalue weighted by Gasteiger charge is 2.30. The van der Waals surface area contributed by atoms with Gasteiger partial charge in [-0.15, -0.1) is 0 Å². The van der Waals surface area contributed by atoms with Crippen molar-refractivity contribution in [3.8, 4) is 0 Å². The first kappa shape index (κ1) is 51.7. The van der Waals surface area contributed by atoms with Crippen LogP contribution in [0, 0.1) is 0 Å². The molecule has 0 rings (SSSR count). The van der Waals surface area contributed by atoms with E-state index in [2.05, 4.69) is 20.8 Å². The van der Waals surface area contributed by atoms with Crippen LogP contribution in [-0.4, -0.2) is 81.7 Å². The molecule has 0 aliphatic carbocycles. The number of nitrogens with zero attached hydrogens (tertiary/aromatic N) is 1. The first-order valence-corrected chi connectivity index (χ1v) is 22.6. The Balaban J connectivity index is 4.27. The fourth-order valence-electron chi connectivity index (χ4n) is 6.92. The summed E-state index contributed by atoms with van der Waals surface area (Å²) in [5.41, 5.74) is 0. The molecule has 0 saturated carbocycles. The summed E-state index contributed by atoms with van der Waals surface area (Å²) in [5.74, 6) is -2.99. The van der Waals surface area contributed by atoms with E-state index >= 15 is 0 Å². The van der Waals surface area contributed by atoms with Crippen LogP contribution in [0.1, 0.15) is 226 Å². The summed E-state index contributed by atoms with van der Waals surface area (Å²) < 4.78 is 11.2. The zero-order valence-corrected chi connectivity index (χ0v) is 35.0. The van der Waals surface area contributed by atoms with Crippen LogP contribution in [-0.2, 0) is 19.1 Å².